The second-order valence-electron chi connectivity index (χ2n) is 8.87. The monoisotopic (exact) mass is 385 g/mol. The Bertz CT molecular complexity index is 756. The van der Waals surface area contributed by atoms with Gasteiger partial charge in [-0.15, -0.1) is 0 Å². The van der Waals surface area contributed by atoms with Gasteiger partial charge in [-0.2, -0.15) is 0 Å². The average Bonchev–Trinajstić information content (AvgIpc) is 2.86. The lowest BCUT2D eigenvalue weighted by Crippen LogP contribution is -2.66. The molecule has 1 spiro atoms. The third-order valence-corrected chi connectivity index (χ3v) is 6.35. The molecule has 4 rings (SSSR count). The molecule has 0 N–H and O–H groups in total. The van der Waals surface area contributed by atoms with Crippen molar-refractivity contribution in [2.45, 2.75) is 50.9 Å². The van der Waals surface area contributed by atoms with Gasteiger partial charge in [-0.05, 0) is 51.7 Å². The van der Waals surface area contributed by atoms with Gasteiger partial charge in [-0.25, -0.2) is 0 Å². The molecule has 0 saturated carbocycles. The van der Waals surface area contributed by atoms with Gasteiger partial charge in [0.05, 0.1) is 30.0 Å². The van der Waals surface area contributed by atoms with Gasteiger partial charge in [0.1, 0.15) is 5.75 Å². The quantitative estimate of drug-likeness (QED) is 0.746. The highest BCUT2D eigenvalue weighted by Crippen LogP contribution is 2.43. The highest BCUT2D eigenvalue weighted by Gasteiger charge is 2.56. The standard InChI is InChI=1S/C21H28BNO5/c1-19(2)20(3,4)28-22(27-19)16-10-11-23(21(12-16)14-25-15-21)18(24)13-26-17-8-6-5-7-9-17/h5-10H,11-15H2,1-4H3. The second kappa shape index (κ2) is 6.90. The van der Waals surface area contributed by atoms with Gasteiger partial charge >= 0.3 is 7.12 Å². The second-order valence-corrected chi connectivity index (χ2v) is 8.87. The van der Waals surface area contributed by atoms with Gasteiger partial charge < -0.3 is 23.7 Å². The summed E-state index contributed by atoms with van der Waals surface area (Å²) in [5, 5.41) is 0. The number of ether oxygens (including phenoxy) is 2. The molecule has 28 heavy (non-hydrogen) atoms. The van der Waals surface area contributed by atoms with Crippen LogP contribution >= 0.6 is 0 Å². The van der Waals surface area contributed by atoms with Crippen LogP contribution in [-0.2, 0) is 18.8 Å². The van der Waals surface area contributed by atoms with Crippen LogP contribution in [0.15, 0.2) is 41.9 Å². The maximum Gasteiger partial charge on any atom is 0.490 e. The summed E-state index contributed by atoms with van der Waals surface area (Å²) < 4.78 is 23.6. The molecule has 6 nitrogen and oxygen atoms in total. The first-order valence-electron chi connectivity index (χ1n) is 9.83. The molecule has 0 unspecified atom stereocenters. The van der Waals surface area contributed by atoms with Gasteiger partial charge in [-0.1, -0.05) is 24.3 Å². The van der Waals surface area contributed by atoms with Crippen molar-refractivity contribution in [2.75, 3.05) is 26.4 Å². The normalized spacial score (nSPS) is 24.6. The van der Waals surface area contributed by atoms with Gasteiger partial charge in [0.2, 0.25) is 0 Å². The highest BCUT2D eigenvalue weighted by atomic mass is 16.7. The van der Waals surface area contributed by atoms with Crippen molar-refractivity contribution in [3.63, 3.8) is 0 Å². The average molecular weight is 385 g/mol. The summed E-state index contributed by atoms with van der Waals surface area (Å²) in [5.74, 6) is 0.664. The van der Waals surface area contributed by atoms with Gasteiger partial charge in [0, 0.05) is 6.54 Å². The lowest BCUT2D eigenvalue weighted by atomic mass is 9.68. The maximum atomic E-state index is 12.9. The number of para-hydroxylation sites is 1. The smallest absolute Gasteiger partial charge is 0.484 e. The third kappa shape index (κ3) is 3.36. The molecule has 3 heterocycles. The summed E-state index contributed by atoms with van der Waals surface area (Å²) >= 11 is 0. The van der Waals surface area contributed by atoms with E-state index in [1.54, 1.807) is 0 Å². The van der Waals surface area contributed by atoms with Crippen LogP contribution in [0.4, 0.5) is 0 Å². The number of benzene rings is 1. The number of amides is 1. The van der Waals surface area contributed by atoms with Gasteiger partial charge in [0.25, 0.3) is 5.91 Å². The van der Waals surface area contributed by atoms with Crippen molar-refractivity contribution < 1.29 is 23.6 Å². The summed E-state index contributed by atoms with van der Waals surface area (Å²) in [6, 6.07) is 9.40. The third-order valence-electron chi connectivity index (χ3n) is 6.35. The number of rotatable bonds is 4. The van der Waals surface area contributed by atoms with Crippen molar-refractivity contribution in [3.05, 3.63) is 41.9 Å². The fourth-order valence-electron chi connectivity index (χ4n) is 3.83. The molecule has 1 aromatic rings. The number of carbonyl (C=O) groups is 1. The van der Waals surface area contributed by atoms with E-state index in [-0.39, 0.29) is 36.4 Å². The molecule has 2 saturated heterocycles. The van der Waals surface area contributed by atoms with Crippen LogP contribution in [-0.4, -0.2) is 61.0 Å². The summed E-state index contributed by atoms with van der Waals surface area (Å²) in [6.45, 7) is 9.79. The van der Waals surface area contributed by atoms with E-state index in [1.807, 2.05) is 35.2 Å². The molecule has 0 bridgehead atoms. The van der Waals surface area contributed by atoms with Crippen LogP contribution in [0.1, 0.15) is 34.1 Å². The molecule has 3 aliphatic rings. The van der Waals surface area contributed by atoms with Crippen molar-refractivity contribution in [2.24, 2.45) is 0 Å². The minimum atomic E-state index is -0.377. The van der Waals surface area contributed by atoms with E-state index in [1.165, 1.54) is 0 Å². The number of hydrogen-bond acceptors (Lipinski definition) is 5. The van der Waals surface area contributed by atoms with Crippen molar-refractivity contribution in [1.29, 1.82) is 0 Å². The molecular formula is C21H28BNO5. The zero-order valence-electron chi connectivity index (χ0n) is 17.1. The number of nitrogens with zero attached hydrogens (tertiary/aromatic N) is 1. The lowest BCUT2D eigenvalue weighted by Gasteiger charge is -2.52. The Kier molecular flexibility index (Phi) is 4.80. The Morgan fingerprint density at radius 3 is 2.32 bits per heavy atom. The fourth-order valence-corrected chi connectivity index (χ4v) is 3.83. The number of hydrogen-bond donors (Lipinski definition) is 0. The molecule has 2 fully saturated rings. The van der Waals surface area contributed by atoms with E-state index in [0.717, 1.165) is 5.47 Å². The maximum absolute atomic E-state index is 12.9. The molecule has 0 atom stereocenters. The Balaban J connectivity index is 1.45. The minimum Gasteiger partial charge on any atom is -0.484 e. The molecular weight excluding hydrogens is 357 g/mol. The highest BCUT2D eigenvalue weighted by molar-refractivity contribution is 6.54. The Morgan fingerprint density at radius 1 is 1.11 bits per heavy atom. The van der Waals surface area contributed by atoms with Crippen molar-refractivity contribution in [3.8, 4) is 5.75 Å². The zero-order valence-corrected chi connectivity index (χ0v) is 17.1. The van der Waals surface area contributed by atoms with Crippen LogP contribution in [0.3, 0.4) is 0 Å². The van der Waals surface area contributed by atoms with E-state index in [4.69, 9.17) is 18.8 Å². The molecule has 3 aliphatic heterocycles. The summed E-state index contributed by atoms with van der Waals surface area (Å²) in [5.41, 5.74) is 0.0106. The lowest BCUT2D eigenvalue weighted by molar-refractivity contribution is -0.169. The molecule has 7 heteroatoms. The van der Waals surface area contributed by atoms with Gasteiger partial charge in [0.15, 0.2) is 6.61 Å². The first-order valence-corrected chi connectivity index (χ1v) is 9.83. The predicted octanol–water partition coefficient (Wildman–Crippen LogP) is 2.62. The first-order chi connectivity index (χ1) is 13.2. The Labute approximate surface area is 166 Å². The SMILES string of the molecule is CC1(C)OB(C2=CCN(C(=O)COc3ccccc3)C3(COC3)C2)OC1(C)C. The first kappa shape index (κ1) is 19.5. The topological polar surface area (TPSA) is 57.2 Å². The molecule has 1 aromatic carbocycles. The van der Waals surface area contributed by atoms with E-state index in [9.17, 15) is 4.79 Å². The van der Waals surface area contributed by atoms with Crippen LogP contribution in [0.5, 0.6) is 5.75 Å². The molecule has 150 valence electrons. The van der Waals surface area contributed by atoms with E-state index in [2.05, 4.69) is 33.8 Å². The fraction of sp³-hybridized carbons (Fsp3) is 0.571. The van der Waals surface area contributed by atoms with Gasteiger partial charge in [-0.3, -0.25) is 4.79 Å². The van der Waals surface area contributed by atoms with Crippen molar-refractivity contribution >= 4 is 13.0 Å². The van der Waals surface area contributed by atoms with Crippen LogP contribution in [0, 0.1) is 0 Å². The minimum absolute atomic E-state index is 0.0193. The van der Waals surface area contributed by atoms with E-state index in [0.29, 0.717) is 31.9 Å². The summed E-state index contributed by atoms with van der Waals surface area (Å²) in [4.78, 5) is 14.8. The molecule has 0 radical (unpaired) electrons. The van der Waals surface area contributed by atoms with E-state index < -0.39 is 0 Å². The Hall–Kier alpha value is -1.83. The molecule has 0 aliphatic carbocycles. The molecule has 1 amide bonds. The zero-order chi connectivity index (χ0) is 20.0. The summed E-state index contributed by atoms with van der Waals surface area (Å²) in [6.07, 6.45) is 2.76. The Morgan fingerprint density at radius 2 is 1.75 bits per heavy atom. The van der Waals surface area contributed by atoms with E-state index >= 15 is 0 Å². The summed E-state index contributed by atoms with van der Waals surface area (Å²) in [7, 11) is -0.375. The molecule has 0 aromatic heterocycles. The largest absolute Gasteiger partial charge is 0.490 e. The van der Waals surface area contributed by atoms with Crippen LogP contribution in [0.25, 0.3) is 0 Å². The van der Waals surface area contributed by atoms with Crippen LogP contribution in [0.2, 0.25) is 0 Å². The van der Waals surface area contributed by atoms with Crippen LogP contribution < -0.4 is 4.74 Å². The number of carbonyl (C=O) groups excluding carboxylic acids is 1. The predicted molar refractivity (Wildman–Crippen MR) is 106 cm³/mol. The van der Waals surface area contributed by atoms with Crippen molar-refractivity contribution in [1.82, 2.24) is 4.90 Å².